The Bertz CT molecular complexity index is 1120. The van der Waals surface area contributed by atoms with Crippen molar-refractivity contribution in [2.24, 2.45) is 0 Å². The molecule has 7 nitrogen and oxygen atoms in total. The van der Waals surface area contributed by atoms with Gasteiger partial charge in [-0.15, -0.1) is 0 Å². The van der Waals surface area contributed by atoms with Crippen LogP contribution in [0.2, 0.25) is 0 Å². The minimum Gasteiger partial charge on any atom is -0.497 e. The van der Waals surface area contributed by atoms with Crippen LogP contribution in [-0.4, -0.2) is 54.0 Å². The van der Waals surface area contributed by atoms with Gasteiger partial charge in [0.05, 0.1) is 31.7 Å². The molecule has 0 N–H and O–H groups in total. The van der Waals surface area contributed by atoms with E-state index in [4.69, 9.17) is 14.6 Å². The zero-order valence-electron chi connectivity index (χ0n) is 17.2. The van der Waals surface area contributed by atoms with Gasteiger partial charge < -0.3 is 14.4 Å². The lowest BCUT2D eigenvalue weighted by molar-refractivity contribution is -0.130. The predicted molar refractivity (Wildman–Crippen MR) is 117 cm³/mol. The highest BCUT2D eigenvalue weighted by molar-refractivity contribution is 6.02. The van der Waals surface area contributed by atoms with Gasteiger partial charge in [-0.05, 0) is 42.5 Å². The number of nitrogens with zero attached hydrogens (tertiary/aromatic N) is 4. The van der Waals surface area contributed by atoms with Crippen LogP contribution in [0.15, 0.2) is 66.4 Å². The number of hydrogen-bond acceptors (Lipinski definition) is 5. The molecule has 1 fully saturated rings. The first-order valence-corrected chi connectivity index (χ1v) is 9.98. The molecule has 7 heteroatoms. The molecule has 3 aromatic rings. The van der Waals surface area contributed by atoms with Crippen molar-refractivity contribution in [3.63, 3.8) is 0 Å². The number of carbonyl (C=O) groups excluding carboxylic acids is 1. The molecule has 1 amide bonds. The summed E-state index contributed by atoms with van der Waals surface area (Å²) < 4.78 is 12.3. The fourth-order valence-electron chi connectivity index (χ4n) is 3.41. The summed E-state index contributed by atoms with van der Waals surface area (Å²) in [6.07, 6.45) is 3.45. The Morgan fingerprint density at radius 3 is 2.48 bits per heavy atom. The number of para-hydroxylation sites is 1. The standard InChI is InChI=1S/C24H22N4O3/c1-30-22-9-7-18(8-10-22)23-20(17-28(26-23)21-5-3-2-4-6-21)15-19(16-25)24(29)27-11-13-31-14-12-27/h2-10,15,17H,11-14H2,1H3. The van der Waals surface area contributed by atoms with Crippen LogP contribution in [0, 0.1) is 11.3 Å². The van der Waals surface area contributed by atoms with E-state index in [0.717, 1.165) is 17.0 Å². The smallest absolute Gasteiger partial charge is 0.264 e. The second-order valence-corrected chi connectivity index (χ2v) is 7.02. The lowest BCUT2D eigenvalue weighted by Gasteiger charge is -2.26. The first-order chi connectivity index (χ1) is 15.2. The van der Waals surface area contributed by atoms with Crippen LogP contribution >= 0.6 is 0 Å². The molecule has 0 atom stereocenters. The number of ether oxygens (including phenoxy) is 2. The van der Waals surface area contributed by atoms with E-state index in [0.29, 0.717) is 37.6 Å². The van der Waals surface area contributed by atoms with Gasteiger partial charge in [0, 0.05) is 30.4 Å². The van der Waals surface area contributed by atoms with Crippen LogP contribution in [0.3, 0.4) is 0 Å². The molecular formula is C24H22N4O3. The van der Waals surface area contributed by atoms with Gasteiger partial charge in [0.1, 0.15) is 17.4 Å². The predicted octanol–water partition coefficient (Wildman–Crippen LogP) is 3.31. The zero-order valence-corrected chi connectivity index (χ0v) is 17.2. The van der Waals surface area contributed by atoms with Crippen molar-refractivity contribution in [3.8, 4) is 28.8 Å². The van der Waals surface area contributed by atoms with E-state index in [9.17, 15) is 10.1 Å². The van der Waals surface area contributed by atoms with Gasteiger partial charge in [-0.2, -0.15) is 10.4 Å². The summed E-state index contributed by atoms with van der Waals surface area (Å²) in [6, 6.07) is 19.3. The molecule has 2 heterocycles. The lowest BCUT2D eigenvalue weighted by Crippen LogP contribution is -2.41. The Morgan fingerprint density at radius 2 is 1.84 bits per heavy atom. The Hall–Kier alpha value is -3.89. The Morgan fingerprint density at radius 1 is 1.13 bits per heavy atom. The summed E-state index contributed by atoms with van der Waals surface area (Å²) in [5.41, 5.74) is 3.18. The molecule has 0 aliphatic carbocycles. The molecule has 4 rings (SSSR count). The molecule has 0 radical (unpaired) electrons. The largest absolute Gasteiger partial charge is 0.497 e. The Balaban J connectivity index is 1.77. The average molecular weight is 414 g/mol. The third-order valence-corrected chi connectivity index (χ3v) is 5.08. The van der Waals surface area contributed by atoms with Crippen molar-refractivity contribution in [1.82, 2.24) is 14.7 Å². The highest BCUT2D eigenvalue weighted by atomic mass is 16.5. The fourth-order valence-corrected chi connectivity index (χ4v) is 3.41. The van der Waals surface area contributed by atoms with Crippen LogP contribution in [0.1, 0.15) is 5.56 Å². The molecule has 156 valence electrons. The van der Waals surface area contributed by atoms with E-state index in [2.05, 4.69) is 6.07 Å². The number of aromatic nitrogens is 2. The van der Waals surface area contributed by atoms with Crippen molar-refractivity contribution >= 4 is 12.0 Å². The quantitative estimate of drug-likeness (QED) is 0.473. The van der Waals surface area contributed by atoms with Crippen LogP contribution in [0.25, 0.3) is 23.0 Å². The molecule has 0 unspecified atom stereocenters. The summed E-state index contributed by atoms with van der Waals surface area (Å²) in [4.78, 5) is 14.5. The van der Waals surface area contributed by atoms with Crippen LogP contribution < -0.4 is 4.74 Å². The van der Waals surface area contributed by atoms with Gasteiger partial charge in [-0.25, -0.2) is 4.68 Å². The summed E-state index contributed by atoms with van der Waals surface area (Å²) in [6.45, 7) is 1.92. The lowest BCUT2D eigenvalue weighted by atomic mass is 10.1. The number of morpholine rings is 1. The number of carbonyl (C=O) groups is 1. The van der Waals surface area contributed by atoms with Crippen LogP contribution in [0.4, 0.5) is 0 Å². The van der Waals surface area contributed by atoms with Crippen LogP contribution in [0.5, 0.6) is 5.75 Å². The third kappa shape index (κ3) is 4.49. The topological polar surface area (TPSA) is 80.4 Å². The van der Waals surface area contributed by atoms with E-state index in [1.54, 1.807) is 22.8 Å². The zero-order chi connectivity index (χ0) is 21.6. The van der Waals surface area contributed by atoms with Crippen molar-refractivity contribution in [1.29, 1.82) is 5.26 Å². The molecule has 1 saturated heterocycles. The normalized spacial score (nSPS) is 14.2. The number of amides is 1. The first-order valence-electron chi connectivity index (χ1n) is 9.98. The molecule has 0 bridgehead atoms. The molecule has 31 heavy (non-hydrogen) atoms. The van der Waals surface area contributed by atoms with Crippen molar-refractivity contribution in [2.75, 3.05) is 33.4 Å². The molecular weight excluding hydrogens is 392 g/mol. The summed E-state index contributed by atoms with van der Waals surface area (Å²) in [7, 11) is 1.61. The Kier molecular flexibility index (Phi) is 6.11. The van der Waals surface area contributed by atoms with Crippen molar-refractivity contribution < 1.29 is 14.3 Å². The summed E-state index contributed by atoms with van der Waals surface area (Å²) in [5.74, 6) is 0.447. The van der Waals surface area contributed by atoms with E-state index < -0.39 is 0 Å². The van der Waals surface area contributed by atoms with Gasteiger partial charge in [0.2, 0.25) is 0 Å². The second kappa shape index (κ2) is 9.28. The second-order valence-electron chi connectivity index (χ2n) is 7.02. The van der Waals surface area contributed by atoms with Gasteiger partial charge in [-0.1, -0.05) is 18.2 Å². The minimum absolute atomic E-state index is 0.0734. The maximum Gasteiger partial charge on any atom is 0.264 e. The monoisotopic (exact) mass is 414 g/mol. The Labute approximate surface area is 180 Å². The number of hydrogen-bond donors (Lipinski definition) is 0. The van der Waals surface area contributed by atoms with Gasteiger partial charge in [0.25, 0.3) is 5.91 Å². The van der Waals surface area contributed by atoms with Crippen LogP contribution in [-0.2, 0) is 9.53 Å². The molecule has 1 aliphatic heterocycles. The maximum atomic E-state index is 12.9. The number of nitriles is 1. The third-order valence-electron chi connectivity index (χ3n) is 5.08. The van der Waals surface area contributed by atoms with E-state index >= 15 is 0 Å². The summed E-state index contributed by atoms with van der Waals surface area (Å²) in [5, 5.41) is 14.4. The van der Waals surface area contributed by atoms with Gasteiger partial charge >= 0.3 is 0 Å². The summed E-state index contributed by atoms with van der Waals surface area (Å²) >= 11 is 0. The van der Waals surface area contributed by atoms with Gasteiger partial charge in [-0.3, -0.25) is 4.79 Å². The number of rotatable bonds is 5. The van der Waals surface area contributed by atoms with Gasteiger partial charge in [0.15, 0.2) is 0 Å². The molecule has 0 spiro atoms. The van der Waals surface area contributed by atoms with E-state index in [1.807, 2.05) is 60.8 Å². The van der Waals surface area contributed by atoms with E-state index in [-0.39, 0.29) is 11.5 Å². The number of methoxy groups -OCH3 is 1. The molecule has 1 aliphatic rings. The minimum atomic E-state index is -0.293. The molecule has 2 aromatic carbocycles. The molecule has 1 aromatic heterocycles. The number of benzene rings is 2. The first kappa shape index (κ1) is 20.4. The average Bonchev–Trinajstić information content (AvgIpc) is 3.27. The SMILES string of the molecule is COc1ccc(-c2nn(-c3ccccc3)cc2C=C(C#N)C(=O)N2CCOCC2)cc1. The fraction of sp³-hybridized carbons (Fsp3) is 0.208. The highest BCUT2D eigenvalue weighted by Crippen LogP contribution is 2.27. The van der Waals surface area contributed by atoms with Crippen molar-refractivity contribution in [2.45, 2.75) is 0 Å². The van der Waals surface area contributed by atoms with Crippen molar-refractivity contribution in [3.05, 3.63) is 71.9 Å². The van der Waals surface area contributed by atoms with E-state index in [1.165, 1.54) is 0 Å². The molecule has 0 saturated carbocycles. The maximum absolute atomic E-state index is 12.9. The highest BCUT2D eigenvalue weighted by Gasteiger charge is 2.22.